The molecule has 1 atom stereocenters. The Morgan fingerprint density at radius 1 is 1.48 bits per heavy atom. The highest BCUT2D eigenvalue weighted by atomic mass is 35.5. The lowest BCUT2D eigenvalue weighted by atomic mass is 9.98. The fourth-order valence-electron chi connectivity index (χ4n) is 2.64. The number of rotatable bonds is 7. The maximum absolute atomic E-state index is 12.2. The first kappa shape index (κ1) is 19.6. The van der Waals surface area contributed by atoms with Crippen molar-refractivity contribution in [3.8, 4) is 5.75 Å². The lowest BCUT2D eigenvalue weighted by molar-refractivity contribution is -0.0498. The first-order valence-corrected chi connectivity index (χ1v) is 7.12. The second-order valence-electron chi connectivity index (χ2n) is 5.33. The molecule has 1 saturated heterocycles. The molecular weight excluding hydrogens is 330 g/mol. The van der Waals surface area contributed by atoms with Crippen LogP contribution in [-0.2, 0) is 4.74 Å². The standard InChI is InChI=1S/C15H20F2N2O3.ClH/c1-21-10-15(6-3-7-19-15)9-18-13(20)11-4-2-5-12(8-11)22-14(16)17;/h2,4-5,8,14,19H,3,6-7,9-10H2,1H3,(H,18,20);1H. The van der Waals surface area contributed by atoms with E-state index in [0.29, 0.717) is 13.2 Å². The van der Waals surface area contributed by atoms with E-state index >= 15 is 0 Å². The summed E-state index contributed by atoms with van der Waals surface area (Å²) in [6.45, 7) is -1.11. The van der Waals surface area contributed by atoms with Crippen molar-refractivity contribution in [2.24, 2.45) is 0 Å². The average Bonchev–Trinajstić information content (AvgIpc) is 2.94. The van der Waals surface area contributed by atoms with Crippen molar-refractivity contribution in [1.82, 2.24) is 10.6 Å². The van der Waals surface area contributed by atoms with Crippen molar-refractivity contribution in [1.29, 1.82) is 0 Å². The number of halogens is 3. The van der Waals surface area contributed by atoms with Crippen LogP contribution in [0.25, 0.3) is 0 Å². The third kappa shape index (κ3) is 5.60. The zero-order chi connectivity index (χ0) is 16.0. The smallest absolute Gasteiger partial charge is 0.387 e. The maximum Gasteiger partial charge on any atom is 0.387 e. The number of benzene rings is 1. The van der Waals surface area contributed by atoms with Crippen LogP contribution in [0.5, 0.6) is 5.75 Å². The first-order valence-electron chi connectivity index (χ1n) is 7.12. The number of carbonyl (C=O) groups excluding carboxylic acids is 1. The molecule has 0 aromatic heterocycles. The van der Waals surface area contributed by atoms with Gasteiger partial charge in [0.15, 0.2) is 0 Å². The molecule has 1 fully saturated rings. The van der Waals surface area contributed by atoms with Crippen molar-refractivity contribution in [2.45, 2.75) is 25.0 Å². The van der Waals surface area contributed by atoms with E-state index in [1.165, 1.54) is 18.2 Å². The molecular formula is C15H21ClF2N2O3. The fourth-order valence-corrected chi connectivity index (χ4v) is 2.64. The Morgan fingerprint density at radius 3 is 2.87 bits per heavy atom. The third-order valence-corrected chi connectivity index (χ3v) is 3.66. The quantitative estimate of drug-likeness (QED) is 0.791. The van der Waals surface area contributed by atoms with Gasteiger partial charge in [-0.15, -0.1) is 12.4 Å². The van der Waals surface area contributed by atoms with E-state index in [1.54, 1.807) is 13.2 Å². The van der Waals surface area contributed by atoms with Crippen LogP contribution in [0.3, 0.4) is 0 Å². The van der Waals surface area contributed by atoms with Crippen LogP contribution < -0.4 is 15.4 Å². The van der Waals surface area contributed by atoms with Gasteiger partial charge < -0.3 is 20.1 Å². The van der Waals surface area contributed by atoms with Crippen molar-refractivity contribution in [2.75, 3.05) is 26.8 Å². The molecule has 1 aliphatic rings. The van der Waals surface area contributed by atoms with Gasteiger partial charge in [-0.1, -0.05) is 6.07 Å². The summed E-state index contributed by atoms with van der Waals surface area (Å²) < 4.78 is 33.9. The highest BCUT2D eigenvalue weighted by Gasteiger charge is 2.33. The Labute approximate surface area is 140 Å². The summed E-state index contributed by atoms with van der Waals surface area (Å²) in [6, 6.07) is 5.74. The molecule has 1 amide bonds. The number of nitrogens with one attached hydrogen (secondary N) is 2. The number of hydrogen-bond acceptors (Lipinski definition) is 4. The monoisotopic (exact) mass is 350 g/mol. The molecule has 0 radical (unpaired) electrons. The zero-order valence-electron chi connectivity index (χ0n) is 12.8. The van der Waals surface area contributed by atoms with Crippen molar-refractivity contribution < 1.29 is 23.0 Å². The lowest BCUT2D eigenvalue weighted by Crippen LogP contribution is -2.53. The van der Waals surface area contributed by atoms with Gasteiger partial charge in [0.25, 0.3) is 5.91 Å². The van der Waals surface area contributed by atoms with Gasteiger partial charge in [0, 0.05) is 19.2 Å². The topological polar surface area (TPSA) is 59.6 Å². The van der Waals surface area contributed by atoms with E-state index in [2.05, 4.69) is 15.4 Å². The molecule has 1 aromatic rings. The Morgan fingerprint density at radius 2 is 2.26 bits per heavy atom. The summed E-state index contributed by atoms with van der Waals surface area (Å²) >= 11 is 0. The third-order valence-electron chi connectivity index (χ3n) is 3.66. The van der Waals surface area contributed by atoms with Gasteiger partial charge in [-0.25, -0.2) is 0 Å². The van der Waals surface area contributed by atoms with Crippen LogP contribution in [0, 0.1) is 0 Å². The van der Waals surface area contributed by atoms with Crippen LogP contribution >= 0.6 is 12.4 Å². The first-order chi connectivity index (χ1) is 10.5. The van der Waals surface area contributed by atoms with E-state index < -0.39 is 6.61 Å². The number of amides is 1. The Bertz CT molecular complexity index is 511. The normalized spacial score (nSPS) is 20.2. The predicted molar refractivity (Wildman–Crippen MR) is 84.5 cm³/mol. The van der Waals surface area contributed by atoms with Crippen LogP contribution in [-0.4, -0.2) is 44.9 Å². The lowest BCUT2D eigenvalue weighted by Gasteiger charge is -2.29. The van der Waals surface area contributed by atoms with Crippen LogP contribution in [0.1, 0.15) is 23.2 Å². The summed E-state index contributed by atoms with van der Waals surface area (Å²) in [6.07, 6.45) is 1.94. The largest absolute Gasteiger partial charge is 0.435 e. The van der Waals surface area contributed by atoms with Gasteiger partial charge in [-0.05, 0) is 37.6 Å². The number of ether oxygens (including phenoxy) is 2. The van der Waals surface area contributed by atoms with Gasteiger partial charge in [-0.3, -0.25) is 4.79 Å². The second kappa shape index (κ2) is 9.00. The van der Waals surface area contributed by atoms with Crippen LogP contribution in [0.4, 0.5) is 8.78 Å². The number of hydrogen-bond donors (Lipinski definition) is 2. The Kier molecular flexibility index (Phi) is 7.67. The maximum atomic E-state index is 12.2. The van der Waals surface area contributed by atoms with Gasteiger partial charge in [0.2, 0.25) is 0 Å². The summed E-state index contributed by atoms with van der Waals surface area (Å²) in [5, 5.41) is 6.17. The number of methoxy groups -OCH3 is 1. The molecule has 2 N–H and O–H groups in total. The van der Waals surface area contributed by atoms with Crippen LogP contribution in [0.2, 0.25) is 0 Å². The van der Waals surface area contributed by atoms with E-state index in [4.69, 9.17) is 4.74 Å². The van der Waals surface area contributed by atoms with Gasteiger partial charge in [0.05, 0.1) is 12.1 Å². The molecule has 0 aliphatic carbocycles. The molecule has 0 bridgehead atoms. The SMILES string of the molecule is COCC1(CNC(=O)c2cccc(OC(F)F)c2)CCCN1.Cl. The highest BCUT2D eigenvalue weighted by Crippen LogP contribution is 2.20. The summed E-state index contributed by atoms with van der Waals surface area (Å²) in [5.74, 6) is -0.364. The number of carbonyl (C=O) groups is 1. The van der Waals surface area contributed by atoms with E-state index in [9.17, 15) is 13.6 Å². The molecule has 0 saturated carbocycles. The molecule has 130 valence electrons. The minimum absolute atomic E-state index is 0. The highest BCUT2D eigenvalue weighted by molar-refractivity contribution is 5.94. The summed E-state index contributed by atoms with van der Waals surface area (Å²) in [5.41, 5.74) is 0.0188. The Balaban J connectivity index is 0.00000264. The fraction of sp³-hybridized carbons (Fsp3) is 0.533. The second-order valence-corrected chi connectivity index (χ2v) is 5.33. The molecule has 1 aliphatic heterocycles. The minimum Gasteiger partial charge on any atom is -0.435 e. The summed E-state index contributed by atoms with van der Waals surface area (Å²) in [7, 11) is 1.62. The molecule has 23 heavy (non-hydrogen) atoms. The van der Waals surface area contributed by atoms with E-state index in [1.807, 2.05) is 0 Å². The molecule has 5 nitrogen and oxygen atoms in total. The van der Waals surface area contributed by atoms with E-state index in [-0.39, 0.29) is 35.2 Å². The molecule has 1 unspecified atom stereocenters. The molecule has 0 spiro atoms. The van der Waals surface area contributed by atoms with Crippen molar-refractivity contribution >= 4 is 18.3 Å². The van der Waals surface area contributed by atoms with Crippen molar-refractivity contribution in [3.05, 3.63) is 29.8 Å². The zero-order valence-corrected chi connectivity index (χ0v) is 13.6. The van der Waals surface area contributed by atoms with Crippen molar-refractivity contribution in [3.63, 3.8) is 0 Å². The number of alkyl halides is 2. The van der Waals surface area contributed by atoms with E-state index in [0.717, 1.165) is 19.4 Å². The predicted octanol–water partition coefficient (Wildman–Crippen LogP) is 2.21. The molecule has 2 rings (SSSR count). The molecule has 1 aromatic carbocycles. The summed E-state index contributed by atoms with van der Waals surface area (Å²) in [4.78, 5) is 12.2. The minimum atomic E-state index is -2.91. The van der Waals surface area contributed by atoms with Gasteiger partial charge in [-0.2, -0.15) is 8.78 Å². The van der Waals surface area contributed by atoms with Gasteiger partial charge >= 0.3 is 6.61 Å². The average molecular weight is 351 g/mol. The van der Waals surface area contributed by atoms with Crippen LogP contribution in [0.15, 0.2) is 24.3 Å². The van der Waals surface area contributed by atoms with Gasteiger partial charge in [0.1, 0.15) is 5.75 Å². The Hall–Kier alpha value is -1.44. The molecule has 8 heteroatoms. The molecule has 1 heterocycles.